The molecule has 2 aromatic rings. The minimum absolute atomic E-state index is 0.0388. The van der Waals surface area contributed by atoms with Crippen molar-refractivity contribution >= 4 is 11.6 Å². The number of fused-ring (bicyclic) bond motifs is 1. The molecule has 1 aliphatic heterocycles. The van der Waals surface area contributed by atoms with E-state index in [2.05, 4.69) is 32.8 Å². The first-order valence-corrected chi connectivity index (χ1v) is 7.10. The van der Waals surface area contributed by atoms with Crippen molar-refractivity contribution in [3.05, 3.63) is 42.0 Å². The minimum Gasteiger partial charge on any atom is -0.382 e. The summed E-state index contributed by atoms with van der Waals surface area (Å²) in [5.41, 5.74) is 2.31. The lowest BCUT2D eigenvalue weighted by Gasteiger charge is -2.31. The van der Waals surface area contributed by atoms with Crippen LogP contribution in [0.15, 0.2) is 30.6 Å². The number of carbonyl (C=O) groups excluding carboxylic acids is 1. The first kappa shape index (κ1) is 13.6. The van der Waals surface area contributed by atoms with Gasteiger partial charge in [0.1, 0.15) is 6.33 Å². The average molecular weight is 285 g/mol. The average Bonchev–Trinajstić information content (AvgIpc) is 2.89. The fraction of sp³-hybridized carbons (Fsp3) is 0.400. The maximum absolute atomic E-state index is 12.4. The molecular formula is C15H19N5O. The fourth-order valence-electron chi connectivity index (χ4n) is 2.68. The molecule has 2 atom stereocenters. The van der Waals surface area contributed by atoms with Gasteiger partial charge >= 0.3 is 0 Å². The lowest BCUT2D eigenvalue weighted by Crippen LogP contribution is -2.43. The number of amides is 1. The van der Waals surface area contributed by atoms with Gasteiger partial charge in [-0.25, -0.2) is 4.98 Å². The molecule has 6 heteroatoms. The van der Waals surface area contributed by atoms with Gasteiger partial charge in [0, 0.05) is 18.8 Å². The standard InChI is InChI=1S/C15H19N5O/c1-10-12(7-11-5-3-4-6-13(11)18-10)15(21)16-8-14-17-9-20(2)19-14/h3-6,9-10,12,18H,7-8H2,1-2H3,(H,16,21). The van der Waals surface area contributed by atoms with Crippen LogP contribution in [0.1, 0.15) is 18.3 Å². The van der Waals surface area contributed by atoms with E-state index >= 15 is 0 Å². The third-order valence-corrected chi connectivity index (χ3v) is 3.85. The minimum atomic E-state index is -0.0800. The summed E-state index contributed by atoms with van der Waals surface area (Å²) in [7, 11) is 1.81. The van der Waals surface area contributed by atoms with Crippen molar-refractivity contribution in [1.82, 2.24) is 20.1 Å². The monoisotopic (exact) mass is 285 g/mol. The van der Waals surface area contributed by atoms with Crippen LogP contribution in [-0.4, -0.2) is 26.7 Å². The summed E-state index contributed by atoms with van der Waals surface area (Å²) in [6, 6.07) is 8.23. The normalized spacial score (nSPS) is 20.5. The highest BCUT2D eigenvalue weighted by molar-refractivity contribution is 5.81. The van der Waals surface area contributed by atoms with Crippen LogP contribution < -0.4 is 10.6 Å². The van der Waals surface area contributed by atoms with E-state index in [1.54, 1.807) is 11.0 Å². The van der Waals surface area contributed by atoms with Crippen LogP contribution in [0.3, 0.4) is 0 Å². The third kappa shape index (κ3) is 2.89. The summed E-state index contributed by atoms with van der Waals surface area (Å²) in [5, 5.41) is 10.5. The fourth-order valence-corrected chi connectivity index (χ4v) is 2.68. The molecule has 1 aromatic heterocycles. The van der Waals surface area contributed by atoms with Gasteiger partial charge in [0.15, 0.2) is 5.82 Å². The van der Waals surface area contributed by atoms with E-state index in [-0.39, 0.29) is 17.9 Å². The second kappa shape index (κ2) is 5.55. The van der Waals surface area contributed by atoms with Crippen LogP contribution in [0.5, 0.6) is 0 Å². The number of hydrogen-bond acceptors (Lipinski definition) is 4. The molecule has 2 unspecified atom stereocenters. The van der Waals surface area contributed by atoms with Crippen molar-refractivity contribution < 1.29 is 4.79 Å². The van der Waals surface area contributed by atoms with Gasteiger partial charge in [0.2, 0.25) is 5.91 Å². The molecule has 0 aliphatic carbocycles. The topological polar surface area (TPSA) is 71.8 Å². The molecule has 3 rings (SSSR count). The molecule has 1 aliphatic rings. The Bertz CT molecular complexity index is 651. The zero-order chi connectivity index (χ0) is 14.8. The van der Waals surface area contributed by atoms with Gasteiger partial charge in [0.05, 0.1) is 12.5 Å². The summed E-state index contributed by atoms with van der Waals surface area (Å²) in [4.78, 5) is 16.5. The first-order valence-electron chi connectivity index (χ1n) is 7.10. The Labute approximate surface area is 123 Å². The number of nitrogens with one attached hydrogen (secondary N) is 2. The van der Waals surface area contributed by atoms with Crippen molar-refractivity contribution in [1.29, 1.82) is 0 Å². The van der Waals surface area contributed by atoms with Crippen LogP contribution in [0, 0.1) is 5.92 Å². The Hall–Kier alpha value is -2.37. The Balaban J connectivity index is 1.65. The van der Waals surface area contributed by atoms with Crippen molar-refractivity contribution in [3.8, 4) is 0 Å². The predicted molar refractivity (Wildman–Crippen MR) is 79.6 cm³/mol. The number of rotatable bonds is 3. The number of aryl methyl sites for hydroxylation is 1. The first-order chi connectivity index (χ1) is 10.1. The van der Waals surface area contributed by atoms with Crippen LogP contribution in [0.4, 0.5) is 5.69 Å². The van der Waals surface area contributed by atoms with E-state index in [1.807, 2.05) is 26.1 Å². The van der Waals surface area contributed by atoms with Crippen molar-refractivity contribution in [2.75, 3.05) is 5.32 Å². The van der Waals surface area contributed by atoms with Crippen molar-refractivity contribution in [2.45, 2.75) is 25.9 Å². The molecule has 6 nitrogen and oxygen atoms in total. The number of benzene rings is 1. The molecule has 0 spiro atoms. The second-order valence-corrected chi connectivity index (χ2v) is 5.45. The summed E-state index contributed by atoms with van der Waals surface area (Å²) < 4.78 is 1.63. The number of nitrogens with zero attached hydrogens (tertiary/aromatic N) is 3. The number of para-hydroxylation sites is 1. The quantitative estimate of drug-likeness (QED) is 0.886. The lowest BCUT2D eigenvalue weighted by atomic mass is 9.87. The highest BCUT2D eigenvalue weighted by Gasteiger charge is 2.30. The van der Waals surface area contributed by atoms with Gasteiger partial charge in [0.25, 0.3) is 0 Å². The molecule has 0 radical (unpaired) electrons. The molecule has 1 aromatic carbocycles. The Morgan fingerprint density at radius 1 is 1.48 bits per heavy atom. The third-order valence-electron chi connectivity index (χ3n) is 3.85. The predicted octanol–water partition coefficient (Wildman–Crippen LogP) is 1.10. The summed E-state index contributed by atoms with van der Waals surface area (Å²) >= 11 is 0. The van der Waals surface area contributed by atoms with Gasteiger partial charge in [-0.15, -0.1) is 0 Å². The van der Waals surface area contributed by atoms with Crippen LogP contribution in [0.25, 0.3) is 0 Å². The van der Waals surface area contributed by atoms with Crippen molar-refractivity contribution in [2.24, 2.45) is 13.0 Å². The van der Waals surface area contributed by atoms with Gasteiger partial charge < -0.3 is 10.6 Å². The molecule has 0 fully saturated rings. The molecule has 1 amide bonds. The van der Waals surface area contributed by atoms with E-state index in [1.165, 1.54) is 5.56 Å². The summed E-state index contributed by atoms with van der Waals surface area (Å²) in [5.74, 6) is 0.586. The number of carbonyl (C=O) groups is 1. The molecule has 2 heterocycles. The van der Waals surface area contributed by atoms with E-state index in [0.717, 1.165) is 12.1 Å². The maximum atomic E-state index is 12.4. The highest BCUT2D eigenvalue weighted by Crippen LogP contribution is 2.28. The Kier molecular flexibility index (Phi) is 3.60. The van der Waals surface area contributed by atoms with Crippen LogP contribution in [-0.2, 0) is 24.8 Å². The van der Waals surface area contributed by atoms with Gasteiger partial charge in [-0.3, -0.25) is 9.48 Å². The Morgan fingerprint density at radius 2 is 2.29 bits per heavy atom. The molecule has 110 valence electrons. The molecular weight excluding hydrogens is 266 g/mol. The molecule has 2 N–H and O–H groups in total. The van der Waals surface area contributed by atoms with Gasteiger partial charge in [-0.1, -0.05) is 18.2 Å². The molecule has 21 heavy (non-hydrogen) atoms. The molecule has 0 saturated heterocycles. The van der Waals surface area contributed by atoms with Gasteiger partial charge in [-0.2, -0.15) is 5.10 Å². The number of anilines is 1. The van der Waals surface area contributed by atoms with E-state index in [9.17, 15) is 4.79 Å². The SMILES string of the molecule is CC1Nc2ccccc2CC1C(=O)NCc1ncn(C)n1. The van der Waals surface area contributed by atoms with E-state index in [4.69, 9.17) is 0 Å². The van der Waals surface area contributed by atoms with Crippen LogP contribution in [0.2, 0.25) is 0 Å². The Morgan fingerprint density at radius 3 is 3.05 bits per heavy atom. The van der Waals surface area contributed by atoms with E-state index in [0.29, 0.717) is 12.4 Å². The smallest absolute Gasteiger partial charge is 0.225 e. The second-order valence-electron chi connectivity index (χ2n) is 5.45. The summed E-state index contributed by atoms with van der Waals surface area (Å²) in [6.45, 7) is 2.41. The van der Waals surface area contributed by atoms with E-state index < -0.39 is 0 Å². The number of aromatic nitrogens is 3. The lowest BCUT2D eigenvalue weighted by molar-refractivity contribution is -0.125. The largest absolute Gasteiger partial charge is 0.382 e. The molecule has 0 bridgehead atoms. The van der Waals surface area contributed by atoms with Crippen molar-refractivity contribution in [3.63, 3.8) is 0 Å². The van der Waals surface area contributed by atoms with Gasteiger partial charge in [-0.05, 0) is 25.0 Å². The maximum Gasteiger partial charge on any atom is 0.225 e. The zero-order valence-corrected chi connectivity index (χ0v) is 12.2. The molecule has 0 saturated carbocycles. The highest BCUT2D eigenvalue weighted by atomic mass is 16.1. The summed E-state index contributed by atoms with van der Waals surface area (Å²) in [6.07, 6.45) is 2.38. The zero-order valence-electron chi connectivity index (χ0n) is 12.2. The number of hydrogen-bond donors (Lipinski definition) is 2. The van der Waals surface area contributed by atoms with Crippen LogP contribution >= 0.6 is 0 Å².